The van der Waals surface area contributed by atoms with E-state index in [4.69, 9.17) is 0 Å². The van der Waals surface area contributed by atoms with E-state index in [0.717, 1.165) is 16.6 Å². The van der Waals surface area contributed by atoms with Crippen LogP contribution in [0.15, 0.2) is 28.7 Å². The second-order valence-corrected chi connectivity index (χ2v) is 5.55. The zero-order chi connectivity index (χ0) is 13.5. The van der Waals surface area contributed by atoms with Crippen LogP contribution in [0.2, 0.25) is 0 Å². The monoisotopic (exact) mass is 312 g/mol. The molecule has 3 nitrogen and oxygen atoms in total. The Morgan fingerprint density at radius 3 is 2.39 bits per heavy atom. The molecule has 2 unspecified atom stereocenters. The molecule has 0 radical (unpaired) electrons. The van der Waals surface area contributed by atoms with Gasteiger partial charge in [-0.25, -0.2) is 0 Å². The van der Waals surface area contributed by atoms with Crippen molar-refractivity contribution in [2.45, 2.75) is 45.7 Å². The molecule has 0 spiro atoms. The fraction of sp³-hybridized carbons (Fsp3) is 0.500. The summed E-state index contributed by atoms with van der Waals surface area (Å²) in [5.74, 6) is 0.0422. The topological polar surface area (TPSA) is 41.1 Å². The minimum absolute atomic E-state index is 0.0422. The van der Waals surface area contributed by atoms with Gasteiger partial charge in [-0.3, -0.25) is 4.79 Å². The molecule has 0 aliphatic heterocycles. The van der Waals surface area contributed by atoms with Gasteiger partial charge in [-0.1, -0.05) is 22.9 Å². The summed E-state index contributed by atoms with van der Waals surface area (Å²) in [5, 5.41) is 6.28. The van der Waals surface area contributed by atoms with Crippen LogP contribution >= 0.6 is 15.9 Å². The molecule has 0 fully saturated rings. The van der Waals surface area contributed by atoms with Crippen molar-refractivity contribution < 1.29 is 4.79 Å². The standard InChI is InChI=1S/C14H21BrN2O/c1-4-10(2)16-11(3)9-14(18)17-13-7-5-12(15)6-8-13/h5-8,10-11,16H,4,9H2,1-3H3,(H,17,18). The number of anilines is 1. The van der Waals surface area contributed by atoms with Gasteiger partial charge in [0.2, 0.25) is 5.91 Å². The Morgan fingerprint density at radius 2 is 1.83 bits per heavy atom. The number of nitrogens with one attached hydrogen (secondary N) is 2. The predicted molar refractivity (Wildman–Crippen MR) is 79.7 cm³/mol. The van der Waals surface area contributed by atoms with Gasteiger partial charge in [-0.2, -0.15) is 0 Å². The fourth-order valence-corrected chi connectivity index (χ4v) is 1.95. The molecule has 4 heteroatoms. The van der Waals surface area contributed by atoms with Crippen LogP contribution in [-0.4, -0.2) is 18.0 Å². The number of carbonyl (C=O) groups excluding carboxylic acids is 1. The van der Waals surface area contributed by atoms with Crippen LogP contribution in [0.3, 0.4) is 0 Å². The van der Waals surface area contributed by atoms with E-state index in [0.29, 0.717) is 12.5 Å². The van der Waals surface area contributed by atoms with Crippen molar-refractivity contribution in [1.29, 1.82) is 0 Å². The summed E-state index contributed by atoms with van der Waals surface area (Å²) < 4.78 is 1.01. The van der Waals surface area contributed by atoms with Crippen LogP contribution in [0, 0.1) is 0 Å². The van der Waals surface area contributed by atoms with Crippen molar-refractivity contribution in [3.8, 4) is 0 Å². The van der Waals surface area contributed by atoms with E-state index in [9.17, 15) is 4.79 Å². The van der Waals surface area contributed by atoms with Crippen LogP contribution in [0.4, 0.5) is 5.69 Å². The average Bonchev–Trinajstić information content (AvgIpc) is 2.31. The molecular weight excluding hydrogens is 292 g/mol. The molecule has 0 bridgehead atoms. The second kappa shape index (κ2) is 7.54. The minimum atomic E-state index is 0.0422. The maximum absolute atomic E-state index is 11.8. The third kappa shape index (κ3) is 5.65. The third-order valence-electron chi connectivity index (χ3n) is 2.80. The Hall–Kier alpha value is -0.870. The van der Waals surface area contributed by atoms with Gasteiger partial charge < -0.3 is 10.6 Å². The molecule has 0 aromatic heterocycles. The molecule has 0 saturated heterocycles. The molecule has 18 heavy (non-hydrogen) atoms. The van der Waals surface area contributed by atoms with Gasteiger partial charge in [-0.15, -0.1) is 0 Å². The summed E-state index contributed by atoms with van der Waals surface area (Å²) in [6.07, 6.45) is 1.55. The van der Waals surface area contributed by atoms with Crippen LogP contribution in [-0.2, 0) is 4.79 Å². The van der Waals surface area contributed by atoms with Gasteiger partial charge in [0.15, 0.2) is 0 Å². The van der Waals surface area contributed by atoms with Crippen molar-refractivity contribution >= 4 is 27.5 Å². The fourth-order valence-electron chi connectivity index (χ4n) is 1.69. The van der Waals surface area contributed by atoms with Crippen molar-refractivity contribution in [2.24, 2.45) is 0 Å². The molecule has 0 saturated carbocycles. The number of hydrogen-bond acceptors (Lipinski definition) is 2. The highest BCUT2D eigenvalue weighted by molar-refractivity contribution is 9.10. The SMILES string of the molecule is CCC(C)NC(C)CC(=O)Nc1ccc(Br)cc1. The molecule has 1 rings (SSSR count). The van der Waals surface area contributed by atoms with Crippen molar-refractivity contribution in [3.63, 3.8) is 0 Å². The van der Waals surface area contributed by atoms with E-state index in [1.165, 1.54) is 0 Å². The highest BCUT2D eigenvalue weighted by atomic mass is 79.9. The van der Waals surface area contributed by atoms with E-state index in [1.54, 1.807) is 0 Å². The van der Waals surface area contributed by atoms with Crippen molar-refractivity contribution in [2.75, 3.05) is 5.32 Å². The predicted octanol–water partition coefficient (Wildman–Crippen LogP) is 3.55. The Morgan fingerprint density at radius 1 is 1.22 bits per heavy atom. The van der Waals surface area contributed by atoms with E-state index in [-0.39, 0.29) is 11.9 Å². The Kier molecular flexibility index (Phi) is 6.36. The second-order valence-electron chi connectivity index (χ2n) is 4.64. The summed E-state index contributed by atoms with van der Waals surface area (Å²) in [6, 6.07) is 8.23. The molecule has 100 valence electrons. The third-order valence-corrected chi connectivity index (χ3v) is 3.33. The lowest BCUT2D eigenvalue weighted by molar-refractivity contribution is -0.116. The van der Waals surface area contributed by atoms with E-state index in [1.807, 2.05) is 31.2 Å². The first kappa shape index (κ1) is 15.2. The van der Waals surface area contributed by atoms with Gasteiger partial charge in [0, 0.05) is 28.7 Å². The highest BCUT2D eigenvalue weighted by Gasteiger charge is 2.10. The van der Waals surface area contributed by atoms with Crippen LogP contribution < -0.4 is 10.6 Å². The molecular formula is C14H21BrN2O. The average molecular weight is 313 g/mol. The van der Waals surface area contributed by atoms with E-state index in [2.05, 4.69) is 40.4 Å². The Balaban J connectivity index is 2.39. The first-order valence-electron chi connectivity index (χ1n) is 6.32. The first-order valence-corrected chi connectivity index (χ1v) is 7.12. The largest absolute Gasteiger partial charge is 0.326 e. The van der Waals surface area contributed by atoms with Crippen LogP contribution in [0.5, 0.6) is 0 Å². The Bertz CT molecular complexity index is 378. The van der Waals surface area contributed by atoms with Gasteiger partial charge >= 0.3 is 0 Å². The number of halogens is 1. The van der Waals surface area contributed by atoms with E-state index < -0.39 is 0 Å². The van der Waals surface area contributed by atoms with E-state index >= 15 is 0 Å². The maximum Gasteiger partial charge on any atom is 0.225 e. The van der Waals surface area contributed by atoms with Gasteiger partial charge in [0.1, 0.15) is 0 Å². The molecule has 1 amide bonds. The lowest BCUT2D eigenvalue weighted by atomic mass is 10.1. The van der Waals surface area contributed by atoms with Gasteiger partial charge in [-0.05, 0) is 44.5 Å². The lowest BCUT2D eigenvalue weighted by Crippen LogP contribution is -2.36. The lowest BCUT2D eigenvalue weighted by Gasteiger charge is -2.18. The summed E-state index contributed by atoms with van der Waals surface area (Å²) in [5.41, 5.74) is 0.832. The summed E-state index contributed by atoms with van der Waals surface area (Å²) in [4.78, 5) is 11.8. The number of amides is 1. The quantitative estimate of drug-likeness (QED) is 0.843. The van der Waals surface area contributed by atoms with Crippen molar-refractivity contribution in [1.82, 2.24) is 5.32 Å². The number of rotatable bonds is 6. The maximum atomic E-state index is 11.8. The molecule has 1 aromatic rings. The number of hydrogen-bond donors (Lipinski definition) is 2. The normalized spacial score (nSPS) is 14.0. The molecule has 0 aliphatic carbocycles. The number of carbonyl (C=O) groups is 1. The molecule has 2 atom stereocenters. The minimum Gasteiger partial charge on any atom is -0.326 e. The summed E-state index contributed by atoms with van der Waals surface area (Å²) in [6.45, 7) is 6.29. The molecule has 0 heterocycles. The van der Waals surface area contributed by atoms with Gasteiger partial charge in [0.25, 0.3) is 0 Å². The molecule has 2 N–H and O–H groups in total. The van der Waals surface area contributed by atoms with Crippen LogP contribution in [0.25, 0.3) is 0 Å². The number of benzene rings is 1. The zero-order valence-electron chi connectivity index (χ0n) is 11.2. The highest BCUT2D eigenvalue weighted by Crippen LogP contribution is 2.14. The first-order chi connectivity index (χ1) is 8.51. The summed E-state index contributed by atoms with van der Waals surface area (Å²) in [7, 11) is 0. The van der Waals surface area contributed by atoms with Crippen molar-refractivity contribution in [3.05, 3.63) is 28.7 Å². The zero-order valence-corrected chi connectivity index (χ0v) is 12.8. The molecule has 0 aliphatic rings. The van der Waals surface area contributed by atoms with Gasteiger partial charge in [0.05, 0.1) is 0 Å². The molecule has 1 aromatic carbocycles. The Labute approximate surface area is 117 Å². The van der Waals surface area contributed by atoms with Crippen LogP contribution in [0.1, 0.15) is 33.6 Å². The smallest absolute Gasteiger partial charge is 0.225 e. The summed E-state index contributed by atoms with van der Waals surface area (Å²) >= 11 is 3.36.